The van der Waals surface area contributed by atoms with Crippen LogP contribution >= 0.6 is 0 Å². The van der Waals surface area contributed by atoms with Crippen molar-refractivity contribution in [3.63, 3.8) is 0 Å². The molecular weight excluding hydrogens is 531 g/mol. The van der Waals surface area contributed by atoms with Gasteiger partial charge in [-0.15, -0.1) is 0 Å². The number of aliphatic carboxylic acids is 1. The van der Waals surface area contributed by atoms with Crippen LogP contribution in [0.1, 0.15) is 24.0 Å². The summed E-state index contributed by atoms with van der Waals surface area (Å²) in [6, 6.07) is 25.6. The minimum atomic E-state index is -5.08. The number of nitrogens with one attached hydrogen (secondary N) is 2. The zero-order valence-corrected chi connectivity index (χ0v) is 22.3. The van der Waals surface area contributed by atoms with Crippen LogP contribution in [0.25, 0.3) is 11.1 Å². The number of sulfonamides is 1. The van der Waals surface area contributed by atoms with Crippen molar-refractivity contribution in [2.24, 2.45) is 0 Å². The van der Waals surface area contributed by atoms with Crippen LogP contribution in [0.3, 0.4) is 0 Å². The van der Waals surface area contributed by atoms with E-state index in [0.29, 0.717) is 6.04 Å². The van der Waals surface area contributed by atoms with Crippen molar-refractivity contribution in [1.82, 2.24) is 14.9 Å². The van der Waals surface area contributed by atoms with E-state index in [0.717, 1.165) is 36.3 Å². The van der Waals surface area contributed by atoms with Gasteiger partial charge in [-0.05, 0) is 67.4 Å². The number of rotatable bonds is 8. The molecule has 4 rings (SSSR count). The number of carbonyl (C=O) groups is 1. The third-order valence-electron chi connectivity index (χ3n) is 6.30. The SMILES string of the molecule is CN1CCC(NCc2ccc(-c3cccc(S(=O)(=O)NCc4ccccc4)c3)cc2)CC1.O=C(O)C(F)(F)F. The number of carboxylic acids is 1. The predicted octanol–water partition coefficient (Wildman–Crippen LogP) is 4.65. The molecule has 0 aliphatic carbocycles. The van der Waals surface area contributed by atoms with Gasteiger partial charge in [-0.2, -0.15) is 13.2 Å². The number of hydrogen-bond donors (Lipinski definition) is 3. The lowest BCUT2D eigenvalue weighted by molar-refractivity contribution is -0.192. The summed E-state index contributed by atoms with van der Waals surface area (Å²) in [7, 11) is -1.41. The Morgan fingerprint density at radius 2 is 1.49 bits per heavy atom. The van der Waals surface area contributed by atoms with Crippen molar-refractivity contribution in [1.29, 1.82) is 0 Å². The van der Waals surface area contributed by atoms with Crippen LogP contribution in [0.4, 0.5) is 13.2 Å². The van der Waals surface area contributed by atoms with E-state index in [1.807, 2.05) is 36.4 Å². The van der Waals surface area contributed by atoms with Crippen molar-refractivity contribution in [3.05, 3.63) is 90.0 Å². The maximum Gasteiger partial charge on any atom is 0.490 e. The van der Waals surface area contributed by atoms with Gasteiger partial charge >= 0.3 is 12.1 Å². The predicted molar refractivity (Wildman–Crippen MR) is 143 cm³/mol. The fraction of sp³-hybridized carbons (Fsp3) is 0.321. The summed E-state index contributed by atoms with van der Waals surface area (Å²) in [5.74, 6) is -2.76. The molecule has 0 bridgehead atoms. The van der Waals surface area contributed by atoms with Crippen molar-refractivity contribution < 1.29 is 31.5 Å². The molecule has 7 nitrogen and oxygen atoms in total. The lowest BCUT2D eigenvalue weighted by Gasteiger charge is -2.29. The Morgan fingerprint density at radius 1 is 0.897 bits per heavy atom. The second-order valence-electron chi connectivity index (χ2n) is 9.30. The van der Waals surface area contributed by atoms with Gasteiger partial charge in [-0.3, -0.25) is 0 Å². The highest BCUT2D eigenvalue weighted by molar-refractivity contribution is 7.89. The Balaban J connectivity index is 0.000000532. The Morgan fingerprint density at radius 3 is 2.08 bits per heavy atom. The standard InChI is InChI=1S/C26H31N3O2S.C2HF3O2/c1-29-16-14-25(15-17-29)27-19-22-10-12-23(13-11-22)24-8-5-9-26(18-24)32(30,31)28-20-21-6-3-2-4-7-21;3-2(4,5)1(6)7/h2-13,18,25,27-28H,14-17,19-20H2,1H3;(H,6,7). The zero-order valence-electron chi connectivity index (χ0n) is 21.5. The number of benzene rings is 3. The Labute approximate surface area is 226 Å². The molecule has 11 heteroatoms. The molecule has 1 fully saturated rings. The fourth-order valence-electron chi connectivity index (χ4n) is 3.99. The van der Waals surface area contributed by atoms with E-state index in [2.05, 4.69) is 46.3 Å². The number of likely N-dealkylation sites (tertiary alicyclic amines) is 1. The van der Waals surface area contributed by atoms with Gasteiger partial charge in [0.25, 0.3) is 0 Å². The molecule has 3 aromatic rings. The molecule has 210 valence electrons. The molecular formula is C28H32F3N3O4S. The quantitative estimate of drug-likeness (QED) is 0.369. The summed E-state index contributed by atoms with van der Waals surface area (Å²) in [6.07, 6.45) is -2.71. The van der Waals surface area contributed by atoms with Crippen LogP contribution in [0.5, 0.6) is 0 Å². The molecule has 0 saturated carbocycles. The molecule has 0 amide bonds. The lowest BCUT2D eigenvalue weighted by atomic mass is 10.0. The van der Waals surface area contributed by atoms with Gasteiger partial charge in [0.2, 0.25) is 10.0 Å². The van der Waals surface area contributed by atoms with E-state index < -0.39 is 22.2 Å². The molecule has 0 radical (unpaired) electrons. The van der Waals surface area contributed by atoms with E-state index >= 15 is 0 Å². The maximum absolute atomic E-state index is 12.8. The average Bonchev–Trinajstić information content (AvgIpc) is 2.92. The van der Waals surface area contributed by atoms with Gasteiger partial charge in [0.1, 0.15) is 0 Å². The topological polar surface area (TPSA) is 98.7 Å². The normalized spacial score (nSPS) is 14.9. The maximum atomic E-state index is 12.8. The average molecular weight is 564 g/mol. The Hall–Kier alpha value is -3.25. The highest BCUT2D eigenvalue weighted by atomic mass is 32.2. The van der Waals surface area contributed by atoms with Crippen molar-refractivity contribution in [3.8, 4) is 11.1 Å². The minimum absolute atomic E-state index is 0.270. The van der Waals surface area contributed by atoms with Crippen molar-refractivity contribution >= 4 is 16.0 Å². The highest BCUT2D eigenvalue weighted by Crippen LogP contribution is 2.23. The van der Waals surface area contributed by atoms with Crippen LogP contribution in [-0.2, 0) is 27.9 Å². The molecule has 1 heterocycles. The first-order chi connectivity index (χ1) is 18.4. The van der Waals surface area contributed by atoms with Gasteiger partial charge in [0.05, 0.1) is 4.90 Å². The number of hydrogen-bond acceptors (Lipinski definition) is 5. The monoisotopic (exact) mass is 563 g/mol. The molecule has 0 atom stereocenters. The third kappa shape index (κ3) is 9.77. The van der Waals surface area contributed by atoms with E-state index in [-0.39, 0.29) is 11.4 Å². The van der Waals surface area contributed by atoms with E-state index in [1.165, 1.54) is 18.4 Å². The smallest absolute Gasteiger partial charge is 0.475 e. The van der Waals surface area contributed by atoms with Crippen LogP contribution in [0.15, 0.2) is 83.8 Å². The number of piperidine rings is 1. The van der Waals surface area contributed by atoms with Crippen LogP contribution in [-0.4, -0.2) is 56.7 Å². The number of nitrogens with zero attached hydrogens (tertiary/aromatic N) is 1. The molecule has 0 spiro atoms. The van der Waals surface area contributed by atoms with E-state index in [9.17, 15) is 21.6 Å². The highest BCUT2D eigenvalue weighted by Gasteiger charge is 2.38. The molecule has 0 unspecified atom stereocenters. The Kier molecular flexibility index (Phi) is 10.6. The minimum Gasteiger partial charge on any atom is -0.475 e. The second-order valence-corrected chi connectivity index (χ2v) is 11.1. The van der Waals surface area contributed by atoms with Gasteiger partial charge in [-0.25, -0.2) is 17.9 Å². The largest absolute Gasteiger partial charge is 0.490 e. The number of alkyl halides is 3. The third-order valence-corrected chi connectivity index (χ3v) is 7.70. The zero-order chi connectivity index (χ0) is 28.5. The number of carboxylic acid groups (broad SMARTS) is 1. The lowest BCUT2D eigenvalue weighted by Crippen LogP contribution is -2.40. The molecule has 3 N–H and O–H groups in total. The summed E-state index contributed by atoms with van der Waals surface area (Å²) in [5.41, 5.74) is 4.06. The molecule has 1 aliphatic heterocycles. The summed E-state index contributed by atoms with van der Waals surface area (Å²) in [5, 5.41) is 10.8. The Bertz CT molecular complexity index is 1310. The molecule has 3 aromatic carbocycles. The van der Waals surface area contributed by atoms with E-state index in [4.69, 9.17) is 9.90 Å². The van der Waals surface area contributed by atoms with Gasteiger partial charge in [0.15, 0.2) is 0 Å². The van der Waals surface area contributed by atoms with Crippen LogP contribution in [0, 0.1) is 0 Å². The van der Waals surface area contributed by atoms with Crippen LogP contribution in [0.2, 0.25) is 0 Å². The summed E-state index contributed by atoms with van der Waals surface area (Å²) in [4.78, 5) is 11.5. The summed E-state index contributed by atoms with van der Waals surface area (Å²) in [6.45, 7) is 3.42. The first-order valence-electron chi connectivity index (χ1n) is 12.4. The van der Waals surface area contributed by atoms with Crippen molar-refractivity contribution in [2.75, 3.05) is 20.1 Å². The van der Waals surface area contributed by atoms with Gasteiger partial charge in [-0.1, -0.05) is 66.7 Å². The number of halogens is 3. The van der Waals surface area contributed by atoms with Gasteiger partial charge in [0, 0.05) is 19.1 Å². The van der Waals surface area contributed by atoms with Crippen molar-refractivity contribution in [2.45, 2.75) is 43.0 Å². The summed E-state index contributed by atoms with van der Waals surface area (Å²) < 4.78 is 60.0. The second kappa shape index (κ2) is 13.7. The first-order valence-corrected chi connectivity index (χ1v) is 13.9. The fourth-order valence-corrected chi connectivity index (χ4v) is 5.05. The van der Waals surface area contributed by atoms with E-state index in [1.54, 1.807) is 18.2 Å². The first kappa shape index (κ1) is 30.3. The van der Waals surface area contributed by atoms with Gasteiger partial charge < -0.3 is 15.3 Å². The van der Waals surface area contributed by atoms with Crippen LogP contribution < -0.4 is 10.0 Å². The molecule has 1 aliphatic rings. The molecule has 0 aromatic heterocycles. The molecule has 1 saturated heterocycles. The summed E-state index contributed by atoms with van der Waals surface area (Å²) >= 11 is 0. The molecule has 39 heavy (non-hydrogen) atoms.